The summed E-state index contributed by atoms with van der Waals surface area (Å²) in [4.78, 5) is 9.17. The van der Waals surface area contributed by atoms with Gasteiger partial charge in [-0.1, -0.05) is 39.8 Å². The maximum absolute atomic E-state index is 6.20. The normalized spacial score (nSPS) is 15.0. The van der Waals surface area contributed by atoms with E-state index in [1.807, 2.05) is 43.3 Å². The zero-order chi connectivity index (χ0) is 18.8. The largest absolute Gasteiger partial charge is 0.446 e. The van der Waals surface area contributed by atoms with E-state index in [4.69, 9.17) is 4.74 Å². The second kappa shape index (κ2) is 7.66. The van der Waals surface area contributed by atoms with Crippen molar-refractivity contribution in [1.29, 1.82) is 0 Å². The maximum Gasteiger partial charge on any atom is 0.247 e. The molecule has 6 nitrogen and oxygen atoms in total. The first-order valence-corrected chi connectivity index (χ1v) is 10.1. The van der Waals surface area contributed by atoms with Gasteiger partial charge in [0.25, 0.3) is 0 Å². The highest BCUT2D eigenvalue weighted by Crippen LogP contribution is 2.40. The van der Waals surface area contributed by atoms with E-state index in [9.17, 15) is 0 Å². The van der Waals surface area contributed by atoms with Crippen LogP contribution in [0, 0.1) is 6.92 Å². The fraction of sp³-hybridized carbons (Fsp3) is 0.158. The number of ether oxygens (including phenoxy) is 1. The van der Waals surface area contributed by atoms with Crippen LogP contribution in [-0.4, -0.2) is 25.9 Å². The minimum atomic E-state index is -0.486. The number of nitrogens with zero attached hydrogens (tertiary/aromatic N) is 4. The highest BCUT2D eigenvalue weighted by atomic mass is 79.9. The van der Waals surface area contributed by atoms with Crippen LogP contribution in [0.3, 0.4) is 0 Å². The summed E-state index contributed by atoms with van der Waals surface area (Å²) in [6, 6.07) is 11.8. The summed E-state index contributed by atoms with van der Waals surface area (Å²) < 4.78 is 7.14. The number of benzene rings is 1. The highest BCUT2D eigenvalue weighted by Gasteiger charge is 2.27. The van der Waals surface area contributed by atoms with Gasteiger partial charge < -0.3 is 10.1 Å². The number of pyridine rings is 1. The van der Waals surface area contributed by atoms with Gasteiger partial charge in [0, 0.05) is 27.2 Å². The molecule has 0 spiro atoms. The molecule has 0 radical (unpaired) electrons. The summed E-state index contributed by atoms with van der Waals surface area (Å²) >= 11 is 4.98. The predicted octanol–water partition coefficient (Wildman–Crippen LogP) is 4.79. The standard InChI is InChI=1S/C19H16BrN5OS/c1-3-9-27-19-23-18-16(24-25-19)13-10-12(20)7-8-14(13)22-17(26-18)15-6-4-5-11(2)21-15/h3-8,10,17,22H,1,9H2,2H3/t17-/m0/s1. The highest BCUT2D eigenvalue weighted by molar-refractivity contribution is 9.10. The van der Waals surface area contributed by atoms with Crippen molar-refractivity contribution in [1.82, 2.24) is 20.2 Å². The van der Waals surface area contributed by atoms with Crippen LogP contribution < -0.4 is 10.1 Å². The molecule has 1 aromatic carbocycles. The third-order valence-corrected chi connectivity index (χ3v) is 5.22. The second-order valence-electron chi connectivity index (χ2n) is 5.88. The molecule has 3 heterocycles. The molecule has 1 aliphatic rings. The van der Waals surface area contributed by atoms with Gasteiger partial charge >= 0.3 is 0 Å². The van der Waals surface area contributed by atoms with Gasteiger partial charge in [0.1, 0.15) is 5.69 Å². The molecule has 27 heavy (non-hydrogen) atoms. The third-order valence-electron chi connectivity index (χ3n) is 3.90. The lowest BCUT2D eigenvalue weighted by Crippen LogP contribution is -2.18. The van der Waals surface area contributed by atoms with E-state index in [0.717, 1.165) is 27.1 Å². The Morgan fingerprint density at radius 2 is 2.15 bits per heavy atom. The minimum Gasteiger partial charge on any atom is -0.446 e. The van der Waals surface area contributed by atoms with Gasteiger partial charge in [-0.25, -0.2) is 0 Å². The molecule has 3 aromatic rings. The number of thioether (sulfide) groups is 1. The van der Waals surface area contributed by atoms with Gasteiger partial charge in [0.15, 0.2) is 5.69 Å². The molecule has 136 valence electrons. The molecular weight excluding hydrogens is 426 g/mol. The summed E-state index contributed by atoms with van der Waals surface area (Å²) in [5.74, 6) is 1.12. The van der Waals surface area contributed by atoms with Crippen molar-refractivity contribution in [3.63, 3.8) is 0 Å². The average molecular weight is 442 g/mol. The van der Waals surface area contributed by atoms with Gasteiger partial charge in [-0.2, -0.15) is 4.98 Å². The van der Waals surface area contributed by atoms with Crippen molar-refractivity contribution in [2.24, 2.45) is 0 Å². The Labute approximate surface area is 169 Å². The molecule has 2 aromatic heterocycles. The van der Waals surface area contributed by atoms with E-state index in [2.05, 4.69) is 48.0 Å². The number of hydrogen-bond donors (Lipinski definition) is 1. The van der Waals surface area contributed by atoms with Crippen LogP contribution in [0.15, 0.2) is 58.7 Å². The summed E-state index contributed by atoms with van der Waals surface area (Å²) in [6.45, 7) is 5.68. The zero-order valence-corrected chi connectivity index (χ0v) is 16.9. The number of aryl methyl sites for hydroxylation is 1. The molecular formula is C19H16BrN5OS. The maximum atomic E-state index is 6.20. The molecule has 0 unspecified atom stereocenters. The second-order valence-corrected chi connectivity index (χ2v) is 7.79. The van der Waals surface area contributed by atoms with Gasteiger partial charge in [-0.3, -0.25) is 4.98 Å². The van der Waals surface area contributed by atoms with E-state index in [-0.39, 0.29) is 0 Å². The van der Waals surface area contributed by atoms with Gasteiger partial charge in [0.2, 0.25) is 17.3 Å². The van der Waals surface area contributed by atoms with Crippen LogP contribution in [0.4, 0.5) is 5.69 Å². The molecule has 1 aliphatic heterocycles. The van der Waals surface area contributed by atoms with Crippen molar-refractivity contribution in [3.05, 3.63) is 64.9 Å². The Kier molecular flexibility index (Phi) is 5.09. The summed E-state index contributed by atoms with van der Waals surface area (Å²) in [5.41, 5.74) is 4.04. The Balaban J connectivity index is 1.83. The van der Waals surface area contributed by atoms with Crippen LogP contribution in [0.2, 0.25) is 0 Å². The molecule has 8 heteroatoms. The Morgan fingerprint density at radius 1 is 1.26 bits per heavy atom. The number of nitrogens with one attached hydrogen (secondary N) is 1. The predicted molar refractivity (Wildman–Crippen MR) is 110 cm³/mol. The molecule has 0 saturated heterocycles. The number of anilines is 1. The molecule has 1 atom stereocenters. The Hall–Kier alpha value is -2.45. The quantitative estimate of drug-likeness (QED) is 0.460. The summed E-state index contributed by atoms with van der Waals surface area (Å²) in [6.07, 6.45) is 1.31. The van der Waals surface area contributed by atoms with Gasteiger partial charge in [-0.15, -0.1) is 16.8 Å². The van der Waals surface area contributed by atoms with Crippen LogP contribution in [-0.2, 0) is 0 Å². The smallest absolute Gasteiger partial charge is 0.247 e. The number of rotatable bonds is 4. The van der Waals surface area contributed by atoms with Crippen molar-refractivity contribution >= 4 is 33.4 Å². The zero-order valence-electron chi connectivity index (χ0n) is 14.5. The van der Waals surface area contributed by atoms with Crippen LogP contribution in [0.25, 0.3) is 11.3 Å². The van der Waals surface area contributed by atoms with E-state index >= 15 is 0 Å². The molecule has 0 amide bonds. The fourth-order valence-corrected chi connectivity index (χ4v) is 3.58. The number of hydrogen-bond acceptors (Lipinski definition) is 7. The van der Waals surface area contributed by atoms with E-state index < -0.39 is 6.23 Å². The monoisotopic (exact) mass is 441 g/mol. The van der Waals surface area contributed by atoms with E-state index in [1.165, 1.54) is 11.8 Å². The number of fused-ring (bicyclic) bond motifs is 3. The Morgan fingerprint density at radius 3 is 2.96 bits per heavy atom. The lowest BCUT2D eigenvalue weighted by Gasteiger charge is -2.18. The Bertz CT molecular complexity index is 1010. The summed E-state index contributed by atoms with van der Waals surface area (Å²) in [5, 5.41) is 12.6. The molecule has 1 N–H and O–H groups in total. The molecule has 0 fully saturated rings. The minimum absolute atomic E-state index is 0.425. The van der Waals surface area contributed by atoms with Crippen LogP contribution >= 0.6 is 27.7 Å². The lowest BCUT2D eigenvalue weighted by atomic mass is 10.1. The first-order chi connectivity index (χ1) is 13.1. The van der Waals surface area contributed by atoms with Crippen molar-refractivity contribution in [2.75, 3.05) is 11.1 Å². The van der Waals surface area contributed by atoms with E-state index in [0.29, 0.717) is 22.5 Å². The number of aromatic nitrogens is 4. The fourth-order valence-electron chi connectivity index (χ4n) is 2.71. The molecule has 4 rings (SSSR count). The van der Waals surface area contributed by atoms with Gasteiger partial charge in [-0.05, 0) is 37.3 Å². The summed E-state index contributed by atoms with van der Waals surface area (Å²) in [7, 11) is 0. The molecule has 0 aliphatic carbocycles. The van der Waals surface area contributed by atoms with Crippen LogP contribution in [0.1, 0.15) is 17.6 Å². The number of halogens is 1. The van der Waals surface area contributed by atoms with Crippen molar-refractivity contribution in [2.45, 2.75) is 18.3 Å². The average Bonchev–Trinajstić information content (AvgIpc) is 2.82. The lowest BCUT2D eigenvalue weighted by molar-refractivity contribution is 0.220. The molecule has 0 saturated carbocycles. The van der Waals surface area contributed by atoms with Crippen LogP contribution in [0.5, 0.6) is 5.88 Å². The first kappa shape index (κ1) is 17.9. The third kappa shape index (κ3) is 3.81. The first-order valence-electron chi connectivity index (χ1n) is 8.29. The van der Waals surface area contributed by atoms with Crippen molar-refractivity contribution in [3.8, 4) is 17.1 Å². The SMILES string of the molecule is C=CCSc1nnc2c(n1)O[C@@H](c1cccc(C)n1)Nc1ccc(Br)cc1-2. The van der Waals surface area contributed by atoms with Gasteiger partial charge in [0.05, 0.1) is 0 Å². The van der Waals surface area contributed by atoms with E-state index in [1.54, 1.807) is 6.08 Å². The molecule has 0 bridgehead atoms. The topological polar surface area (TPSA) is 72.8 Å². The van der Waals surface area contributed by atoms with Crippen molar-refractivity contribution < 1.29 is 4.74 Å².